The minimum atomic E-state index is 0.134. The van der Waals surface area contributed by atoms with Gasteiger partial charge in [-0.1, -0.05) is 31.1 Å². The van der Waals surface area contributed by atoms with Crippen molar-refractivity contribution in [2.75, 3.05) is 26.2 Å². The maximum Gasteiger partial charge on any atom is 0.253 e. The molecule has 134 valence electrons. The normalized spacial score (nSPS) is 16.2. The van der Waals surface area contributed by atoms with Crippen molar-refractivity contribution in [3.63, 3.8) is 0 Å². The quantitative estimate of drug-likeness (QED) is 0.854. The summed E-state index contributed by atoms with van der Waals surface area (Å²) in [6.45, 7) is 10.4. The van der Waals surface area contributed by atoms with Crippen LogP contribution in [0.1, 0.15) is 53.6 Å². The molecular formula is C20H27N3O2. The Kier molecular flexibility index (Phi) is 5.53. The number of carbonyl (C=O) groups is 1. The molecule has 0 N–H and O–H groups in total. The molecule has 0 radical (unpaired) electrons. The highest BCUT2D eigenvalue weighted by Gasteiger charge is 2.21. The molecule has 0 unspecified atom stereocenters. The minimum absolute atomic E-state index is 0.134. The minimum Gasteiger partial charge on any atom is -0.361 e. The first kappa shape index (κ1) is 17.7. The average molecular weight is 341 g/mol. The number of carbonyl (C=O) groups excluding carboxylic acids is 1. The van der Waals surface area contributed by atoms with E-state index in [0.717, 1.165) is 56.2 Å². The van der Waals surface area contributed by atoms with E-state index in [9.17, 15) is 4.79 Å². The van der Waals surface area contributed by atoms with Crippen LogP contribution in [-0.4, -0.2) is 47.0 Å². The Labute approximate surface area is 149 Å². The Hall–Kier alpha value is -2.14. The van der Waals surface area contributed by atoms with Crippen molar-refractivity contribution in [3.8, 4) is 0 Å². The van der Waals surface area contributed by atoms with Gasteiger partial charge < -0.3 is 9.42 Å². The van der Waals surface area contributed by atoms with Crippen LogP contribution in [0, 0.1) is 6.92 Å². The molecular weight excluding hydrogens is 314 g/mol. The van der Waals surface area contributed by atoms with E-state index >= 15 is 0 Å². The number of aryl methyl sites for hydroxylation is 1. The van der Waals surface area contributed by atoms with Gasteiger partial charge in [-0.15, -0.1) is 0 Å². The Balaban J connectivity index is 1.59. The third-order valence-corrected chi connectivity index (χ3v) is 4.76. The van der Waals surface area contributed by atoms with E-state index in [0.29, 0.717) is 5.92 Å². The van der Waals surface area contributed by atoms with E-state index in [-0.39, 0.29) is 5.91 Å². The Morgan fingerprint density at radius 1 is 1.16 bits per heavy atom. The van der Waals surface area contributed by atoms with Gasteiger partial charge in [-0.05, 0) is 37.0 Å². The molecule has 0 atom stereocenters. The molecule has 25 heavy (non-hydrogen) atoms. The number of hydrogen-bond donors (Lipinski definition) is 0. The number of nitrogens with zero attached hydrogens (tertiary/aromatic N) is 3. The standard InChI is InChI=1S/C20H27N3O2/c1-15(2)17-5-7-18(8-6-17)20(24)23-10-4-9-22(11-12-23)14-19-13-16(3)25-21-19/h5-8,13,15H,4,9-12,14H2,1-3H3. The zero-order valence-corrected chi connectivity index (χ0v) is 15.4. The number of amides is 1. The van der Waals surface area contributed by atoms with E-state index < -0.39 is 0 Å². The molecule has 2 aromatic rings. The summed E-state index contributed by atoms with van der Waals surface area (Å²) >= 11 is 0. The van der Waals surface area contributed by atoms with Gasteiger partial charge in [-0.3, -0.25) is 9.69 Å². The van der Waals surface area contributed by atoms with Crippen LogP contribution >= 0.6 is 0 Å². The van der Waals surface area contributed by atoms with Crippen molar-refractivity contribution >= 4 is 5.91 Å². The molecule has 5 heteroatoms. The topological polar surface area (TPSA) is 49.6 Å². The predicted octanol–water partition coefficient (Wildman–Crippen LogP) is 3.45. The van der Waals surface area contributed by atoms with Gasteiger partial charge in [0, 0.05) is 44.4 Å². The lowest BCUT2D eigenvalue weighted by molar-refractivity contribution is 0.0761. The van der Waals surface area contributed by atoms with Gasteiger partial charge in [-0.25, -0.2) is 0 Å². The molecule has 1 amide bonds. The summed E-state index contributed by atoms with van der Waals surface area (Å²) in [5.74, 6) is 1.46. The molecule has 0 bridgehead atoms. The van der Waals surface area contributed by atoms with Crippen molar-refractivity contribution in [1.82, 2.24) is 15.0 Å². The molecule has 5 nitrogen and oxygen atoms in total. The lowest BCUT2D eigenvalue weighted by Crippen LogP contribution is -2.35. The lowest BCUT2D eigenvalue weighted by Gasteiger charge is -2.21. The monoisotopic (exact) mass is 341 g/mol. The molecule has 1 aliphatic heterocycles. The number of aromatic nitrogens is 1. The summed E-state index contributed by atoms with van der Waals surface area (Å²) in [6.07, 6.45) is 0.979. The molecule has 1 aromatic heterocycles. The fourth-order valence-electron chi connectivity index (χ4n) is 3.25. The van der Waals surface area contributed by atoms with Crippen LogP contribution in [0.5, 0.6) is 0 Å². The fraction of sp³-hybridized carbons (Fsp3) is 0.500. The van der Waals surface area contributed by atoms with Crippen LogP contribution in [0.3, 0.4) is 0 Å². The number of hydrogen-bond acceptors (Lipinski definition) is 4. The zero-order chi connectivity index (χ0) is 17.8. The van der Waals surface area contributed by atoms with Gasteiger partial charge in [0.2, 0.25) is 0 Å². The van der Waals surface area contributed by atoms with E-state index in [1.54, 1.807) is 0 Å². The molecule has 0 saturated carbocycles. The Morgan fingerprint density at radius 2 is 1.92 bits per heavy atom. The average Bonchev–Trinajstić information content (AvgIpc) is 2.87. The summed E-state index contributed by atoms with van der Waals surface area (Å²) in [6, 6.07) is 10.0. The first-order chi connectivity index (χ1) is 12.0. The maximum atomic E-state index is 12.8. The van der Waals surface area contributed by atoms with E-state index in [1.807, 2.05) is 30.0 Å². The lowest BCUT2D eigenvalue weighted by atomic mass is 10.0. The van der Waals surface area contributed by atoms with Crippen LogP contribution in [0.2, 0.25) is 0 Å². The highest BCUT2D eigenvalue weighted by atomic mass is 16.5. The molecule has 1 fully saturated rings. The third kappa shape index (κ3) is 4.48. The smallest absolute Gasteiger partial charge is 0.253 e. The second-order valence-electron chi connectivity index (χ2n) is 7.13. The van der Waals surface area contributed by atoms with Crippen molar-refractivity contribution in [2.24, 2.45) is 0 Å². The molecule has 1 aliphatic rings. The Bertz CT molecular complexity index is 706. The van der Waals surface area contributed by atoms with Crippen LogP contribution in [0.15, 0.2) is 34.9 Å². The summed E-state index contributed by atoms with van der Waals surface area (Å²) in [5, 5.41) is 4.07. The third-order valence-electron chi connectivity index (χ3n) is 4.76. The highest BCUT2D eigenvalue weighted by molar-refractivity contribution is 5.94. The Morgan fingerprint density at radius 3 is 2.56 bits per heavy atom. The summed E-state index contributed by atoms with van der Waals surface area (Å²) in [5.41, 5.74) is 3.01. The number of rotatable bonds is 4. The molecule has 1 saturated heterocycles. The summed E-state index contributed by atoms with van der Waals surface area (Å²) < 4.78 is 5.14. The van der Waals surface area contributed by atoms with E-state index in [4.69, 9.17) is 4.52 Å². The van der Waals surface area contributed by atoms with Crippen LogP contribution in [0.25, 0.3) is 0 Å². The van der Waals surface area contributed by atoms with Gasteiger partial charge in [0.05, 0.1) is 5.69 Å². The molecule has 3 rings (SSSR count). The number of benzene rings is 1. The zero-order valence-electron chi connectivity index (χ0n) is 15.4. The summed E-state index contributed by atoms with van der Waals surface area (Å²) in [4.78, 5) is 17.1. The van der Waals surface area contributed by atoms with Crippen LogP contribution in [-0.2, 0) is 6.54 Å². The van der Waals surface area contributed by atoms with Gasteiger partial charge >= 0.3 is 0 Å². The van der Waals surface area contributed by atoms with Gasteiger partial charge in [0.15, 0.2) is 0 Å². The fourth-order valence-corrected chi connectivity index (χ4v) is 3.25. The summed E-state index contributed by atoms with van der Waals surface area (Å²) in [7, 11) is 0. The largest absolute Gasteiger partial charge is 0.361 e. The SMILES string of the molecule is Cc1cc(CN2CCCN(C(=O)c3ccc(C(C)C)cc3)CC2)no1. The highest BCUT2D eigenvalue weighted by Crippen LogP contribution is 2.17. The molecule has 1 aromatic carbocycles. The van der Waals surface area contributed by atoms with E-state index in [2.05, 4.69) is 36.0 Å². The van der Waals surface area contributed by atoms with Crippen molar-refractivity contribution in [3.05, 3.63) is 52.9 Å². The first-order valence-corrected chi connectivity index (χ1v) is 9.06. The van der Waals surface area contributed by atoms with Gasteiger partial charge in [-0.2, -0.15) is 0 Å². The van der Waals surface area contributed by atoms with Crippen molar-refractivity contribution < 1.29 is 9.32 Å². The molecule has 0 spiro atoms. The first-order valence-electron chi connectivity index (χ1n) is 9.06. The van der Waals surface area contributed by atoms with Crippen molar-refractivity contribution in [2.45, 2.75) is 39.7 Å². The second-order valence-corrected chi connectivity index (χ2v) is 7.13. The predicted molar refractivity (Wildman–Crippen MR) is 97.6 cm³/mol. The van der Waals surface area contributed by atoms with Crippen LogP contribution < -0.4 is 0 Å². The second kappa shape index (κ2) is 7.83. The molecule has 0 aliphatic carbocycles. The van der Waals surface area contributed by atoms with Crippen molar-refractivity contribution in [1.29, 1.82) is 0 Å². The van der Waals surface area contributed by atoms with Gasteiger partial charge in [0.1, 0.15) is 5.76 Å². The molecule has 2 heterocycles. The van der Waals surface area contributed by atoms with Gasteiger partial charge in [0.25, 0.3) is 5.91 Å². The van der Waals surface area contributed by atoms with E-state index in [1.165, 1.54) is 5.56 Å². The maximum absolute atomic E-state index is 12.8. The van der Waals surface area contributed by atoms with Crippen LogP contribution in [0.4, 0.5) is 0 Å².